The lowest BCUT2D eigenvalue weighted by Crippen LogP contribution is -2.10. The smallest absolute Gasteiger partial charge is 0.180 e. The summed E-state index contributed by atoms with van der Waals surface area (Å²) in [6, 6.07) is 9.58. The fraction of sp³-hybridized carbons (Fsp3) is 0.167. The predicted molar refractivity (Wildman–Crippen MR) is 67.4 cm³/mol. The van der Waals surface area contributed by atoms with Crippen LogP contribution < -0.4 is 0 Å². The number of hydrogen-bond acceptors (Lipinski definition) is 5. The van der Waals surface area contributed by atoms with Gasteiger partial charge in [0, 0.05) is 6.20 Å². The molecule has 0 radical (unpaired) electrons. The van der Waals surface area contributed by atoms with Crippen LogP contribution in [0.15, 0.2) is 41.4 Å². The maximum Gasteiger partial charge on any atom is 0.180 e. The van der Waals surface area contributed by atoms with E-state index in [0.29, 0.717) is 5.69 Å². The summed E-state index contributed by atoms with van der Waals surface area (Å²) < 4.78 is 24.9. The predicted octanol–water partition coefficient (Wildman–Crippen LogP) is 0.510. The first kappa shape index (κ1) is 13.3. The van der Waals surface area contributed by atoms with Crippen molar-refractivity contribution < 1.29 is 13.5 Å². The van der Waals surface area contributed by atoms with Crippen molar-refractivity contribution in [2.75, 3.05) is 12.4 Å². The molecular formula is C12H11N3O3S. The Bertz CT molecular complexity index is 711. The molecule has 0 aliphatic heterocycles. The Hall–Kier alpha value is -2.17. The highest BCUT2D eigenvalue weighted by atomic mass is 32.2. The van der Waals surface area contributed by atoms with Crippen LogP contribution in [0, 0.1) is 11.3 Å². The minimum atomic E-state index is -3.44. The van der Waals surface area contributed by atoms with Crippen LogP contribution in [0.2, 0.25) is 0 Å². The van der Waals surface area contributed by atoms with Crippen molar-refractivity contribution in [2.24, 2.45) is 0 Å². The third-order valence-electron chi connectivity index (χ3n) is 2.52. The summed E-state index contributed by atoms with van der Waals surface area (Å²) in [5.41, 5.74) is 0.946. The average Bonchev–Trinajstić information content (AvgIpc) is 2.87. The van der Waals surface area contributed by atoms with E-state index < -0.39 is 16.4 Å². The Kier molecular flexibility index (Phi) is 3.64. The first-order valence-electron chi connectivity index (χ1n) is 5.46. The fourth-order valence-electron chi connectivity index (χ4n) is 1.57. The van der Waals surface area contributed by atoms with Gasteiger partial charge in [0.15, 0.2) is 15.5 Å². The molecule has 98 valence electrons. The molecule has 0 fully saturated rings. The number of rotatable bonds is 4. The van der Waals surface area contributed by atoms with Crippen LogP contribution in [0.25, 0.3) is 5.69 Å². The van der Waals surface area contributed by atoms with Crippen LogP contribution in [0.4, 0.5) is 0 Å². The summed E-state index contributed by atoms with van der Waals surface area (Å²) in [6.45, 7) is -0.408. The number of aliphatic hydroxyl groups excluding tert-OH is 1. The van der Waals surface area contributed by atoms with E-state index in [2.05, 4.69) is 5.10 Å². The normalized spacial score (nSPS) is 11.2. The van der Waals surface area contributed by atoms with Gasteiger partial charge in [0.1, 0.15) is 6.07 Å². The minimum Gasteiger partial charge on any atom is -0.395 e. The Morgan fingerprint density at radius 1 is 1.26 bits per heavy atom. The summed E-state index contributed by atoms with van der Waals surface area (Å²) in [5, 5.41) is 21.4. The van der Waals surface area contributed by atoms with Gasteiger partial charge in [0.05, 0.1) is 22.9 Å². The number of nitriles is 1. The fourth-order valence-corrected chi connectivity index (χ4v) is 2.60. The van der Waals surface area contributed by atoms with E-state index in [1.54, 1.807) is 24.4 Å². The molecule has 6 nitrogen and oxygen atoms in total. The maximum absolute atomic E-state index is 11.7. The number of hydrogen-bond donors (Lipinski definition) is 1. The largest absolute Gasteiger partial charge is 0.395 e. The van der Waals surface area contributed by atoms with Crippen molar-refractivity contribution in [2.45, 2.75) is 4.90 Å². The van der Waals surface area contributed by atoms with Crippen LogP contribution in [0.5, 0.6) is 0 Å². The van der Waals surface area contributed by atoms with Gasteiger partial charge >= 0.3 is 0 Å². The third kappa shape index (κ3) is 2.81. The van der Waals surface area contributed by atoms with E-state index in [0.717, 1.165) is 0 Å². The highest BCUT2D eigenvalue weighted by molar-refractivity contribution is 7.91. The van der Waals surface area contributed by atoms with E-state index in [4.69, 9.17) is 10.4 Å². The van der Waals surface area contributed by atoms with E-state index in [1.807, 2.05) is 6.07 Å². The average molecular weight is 277 g/mol. The third-order valence-corrected chi connectivity index (χ3v) is 4.23. The summed E-state index contributed by atoms with van der Waals surface area (Å²) in [7, 11) is -3.44. The second kappa shape index (κ2) is 5.22. The molecule has 0 aliphatic carbocycles. The number of benzene rings is 1. The zero-order chi connectivity index (χ0) is 13.9. The summed E-state index contributed by atoms with van der Waals surface area (Å²) >= 11 is 0. The molecule has 1 aromatic heterocycles. The standard InChI is InChI=1S/C12H11N3O3S/c13-9-10-5-6-15(14-10)11-1-3-12(4-2-11)19(17,18)8-7-16/h1-6,16H,7-8H2. The Balaban J connectivity index is 2.31. The van der Waals surface area contributed by atoms with E-state index in [1.165, 1.54) is 16.8 Å². The quantitative estimate of drug-likeness (QED) is 0.878. The number of nitrogens with zero attached hydrogens (tertiary/aromatic N) is 3. The molecule has 0 aliphatic rings. The van der Waals surface area contributed by atoms with Crippen molar-refractivity contribution in [3.63, 3.8) is 0 Å². The monoisotopic (exact) mass is 277 g/mol. The summed E-state index contributed by atoms with van der Waals surface area (Å²) in [5.74, 6) is -0.299. The zero-order valence-electron chi connectivity index (χ0n) is 9.89. The molecule has 0 saturated heterocycles. The SMILES string of the molecule is N#Cc1ccn(-c2ccc(S(=O)(=O)CCO)cc2)n1. The molecule has 7 heteroatoms. The Labute approximate surface area is 110 Å². The van der Waals surface area contributed by atoms with Crippen molar-refractivity contribution in [1.29, 1.82) is 5.26 Å². The highest BCUT2D eigenvalue weighted by Crippen LogP contribution is 2.14. The molecule has 0 atom stereocenters. The van der Waals surface area contributed by atoms with Gasteiger partial charge in [-0.25, -0.2) is 13.1 Å². The van der Waals surface area contributed by atoms with E-state index in [-0.39, 0.29) is 16.3 Å². The van der Waals surface area contributed by atoms with Gasteiger partial charge < -0.3 is 5.11 Å². The highest BCUT2D eigenvalue weighted by Gasteiger charge is 2.13. The van der Waals surface area contributed by atoms with E-state index in [9.17, 15) is 8.42 Å². The molecule has 0 bridgehead atoms. The number of aliphatic hydroxyl groups is 1. The molecule has 0 saturated carbocycles. The van der Waals surface area contributed by atoms with E-state index >= 15 is 0 Å². The lowest BCUT2D eigenvalue weighted by atomic mass is 10.3. The van der Waals surface area contributed by atoms with Crippen LogP contribution >= 0.6 is 0 Å². The lowest BCUT2D eigenvalue weighted by molar-refractivity contribution is 0.319. The van der Waals surface area contributed by atoms with Gasteiger partial charge in [0.2, 0.25) is 0 Å². The lowest BCUT2D eigenvalue weighted by Gasteiger charge is -2.04. The summed E-state index contributed by atoms with van der Waals surface area (Å²) in [4.78, 5) is 0.151. The molecule has 0 spiro atoms. The molecule has 2 aromatic rings. The van der Waals surface area contributed by atoms with Crippen LogP contribution in [-0.2, 0) is 9.84 Å². The molecule has 2 rings (SSSR count). The van der Waals surface area contributed by atoms with Gasteiger partial charge in [-0.05, 0) is 30.3 Å². The molecule has 0 amide bonds. The van der Waals surface area contributed by atoms with Crippen molar-refractivity contribution in [3.05, 3.63) is 42.2 Å². The van der Waals surface area contributed by atoms with Gasteiger partial charge in [-0.15, -0.1) is 0 Å². The molecule has 1 heterocycles. The Morgan fingerprint density at radius 3 is 2.47 bits per heavy atom. The maximum atomic E-state index is 11.7. The van der Waals surface area contributed by atoms with Gasteiger partial charge in [0.25, 0.3) is 0 Å². The molecule has 1 N–H and O–H groups in total. The molecule has 0 unspecified atom stereocenters. The van der Waals surface area contributed by atoms with Gasteiger partial charge in [-0.1, -0.05) is 0 Å². The first-order chi connectivity index (χ1) is 9.06. The van der Waals surface area contributed by atoms with Gasteiger partial charge in [-0.3, -0.25) is 0 Å². The Morgan fingerprint density at radius 2 is 1.95 bits per heavy atom. The molecule has 19 heavy (non-hydrogen) atoms. The second-order valence-corrected chi connectivity index (χ2v) is 5.90. The second-order valence-electron chi connectivity index (χ2n) is 3.79. The summed E-state index contributed by atoms with van der Waals surface area (Å²) in [6.07, 6.45) is 1.62. The van der Waals surface area contributed by atoms with Crippen LogP contribution in [-0.4, -0.2) is 35.7 Å². The number of sulfone groups is 1. The van der Waals surface area contributed by atoms with Crippen molar-refractivity contribution in [3.8, 4) is 11.8 Å². The first-order valence-corrected chi connectivity index (χ1v) is 7.12. The minimum absolute atomic E-state index is 0.151. The molecular weight excluding hydrogens is 266 g/mol. The van der Waals surface area contributed by atoms with Crippen LogP contribution in [0.3, 0.4) is 0 Å². The van der Waals surface area contributed by atoms with Gasteiger partial charge in [-0.2, -0.15) is 10.4 Å². The van der Waals surface area contributed by atoms with Crippen molar-refractivity contribution >= 4 is 9.84 Å². The van der Waals surface area contributed by atoms with Crippen molar-refractivity contribution in [1.82, 2.24) is 9.78 Å². The molecule has 1 aromatic carbocycles. The topological polar surface area (TPSA) is 96.0 Å². The van der Waals surface area contributed by atoms with Crippen LogP contribution in [0.1, 0.15) is 5.69 Å². The zero-order valence-corrected chi connectivity index (χ0v) is 10.7. The number of aromatic nitrogens is 2.